The van der Waals surface area contributed by atoms with Crippen LogP contribution in [0.3, 0.4) is 0 Å². The van der Waals surface area contributed by atoms with Gasteiger partial charge in [-0.3, -0.25) is 25.1 Å². The Morgan fingerprint density at radius 1 is 0.828 bits per heavy atom. The van der Waals surface area contributed by atoms with Gasteiger partial charge < -0.3 is 4.98 Å². The molecule has 6 aromatic rings. The highest BCUT2D eigenvalue weighted by molar-refractivity contribution is 5.96. The molecule has 0 unspecified atom stereocenters. The van der Waals surface area contributed by atoms with Gasteiger partial charge in [0.15, 0.2) is 5.82 Å². The Hall–Kier alpha value is -4.40. The molecule has 3 N–H and O–H groups in total. The van der Waals surface area contributed by atoms with E-state index in [1.165, 1.54) is 0 Å². The topological polar surface area (TPSA) is 125 Å². The molecular formula is C20H13N9. The summed E-state index contributed by atoms with van der Waals surface area (Å²) < 4.78 is 0. The van der Waals surface area contributed by atoms with Gasteiger partial charge >= 0.3 is 0 Å². The Morgan fingerprint density at radius 3 is 2.62 bits per heavy atom. The molecule has 9 heteroatoms. The molecular weight excluding hydrogens is 366 g/mol. The van der Waals surface area contributed by atoms with E-state index >= 15 is 0 Å². The number of H-pyrrole nitrogens is 3. The van der Waals surface area contributed by atoms with E-state index in [4.69, 9.17) is 4.98 Å². The van der Waals surface area contributed by atoms with E-state index in [-0.39, 0.29) is 0 Å². The quantitative estimate of drug-likeness (QED) is 0.433. The number of nitrogens with one attached hydrogen (secondary N) is 3. The van der Waals surface area contributed by atoms with Crippen molar-refractivity contribution < 1.29 is 0 Å². The van der Waals surface area contributed by atoms with E-state index in [2.05, 4.69) is 40.3 Å². The predicted molar refractivity (Wildman–Crippen MR) is 108 cm³/mol. The largest absolute Gasteiger partial charge is 0.336 e. The first kappa shape index (κ1) is 15.6. The van der Waals surface area contributed by atoms with Crippen molar-refractivity contribution in [2.75, 3.05) is 0 Å². The first-order valence-electron chi connectivity index (χ1n) is 8.95. The molecule has 9 nitrogen and oxygen atoms in total. The van der Waals surface area contributed by atoms with Gasteiger partial charge in [-0.25, -0.2) is 4.98 Å². The second-order valence-corrected chi connectivity index (χ2v) is 6.55. The molecule has 0 spiro atoms. The smallest absolute Gasteiger partial charge is 0.159 e. The standard InChI is InChI=1S/C20H13N9/c1-4-21-5-2-11(1)17-19-14(3-6-22-17)26-20(27-19)18-13-7-15(12-8-24-25-9-12)23-10-16(13)28-29-18/h1-10H,(H,24,25)(H,26,27)(H,28,29). The maximum absolute atomic E-state index is 4.81. The normalized spacial score (nSPS) is 11.4. The van der Waals surface area contributed by atoms with Crippen molar-refractivity contribution in [3.8, 4) is 34.0 Å². The summed E-state index contributed by atoms with van der Waals surface area (Å²) in [7, 11) is 0. The molecule has 0 amide bonds. The van der Waals surface area contributed by atoms with Crippen LogP contribution in [0, 0.1) is 0 Å². The van der Waals surface area contributed by atoms with Crippen LogP contribution in [0.5, 0.6) is 0 Å². The van der Waals surface area contributed by atoms with E-state index in [1.807, 2.05) is 30.5 Å². The van der Waals surface area contributed by atoms with Crippen molar-refractivity contribution in [2.24, 2.45) is 0 Å². The maximum Gasteiger partial charge on any atom is 0.159 e. The number of pyridine rings is 3. The lowest BCUT2D eigenvalue weighted by molar-refractivity contribution is 1.09. The number of aromatic amines is 3. The van der Waals surface area contributed by atoms with Crippen molar-refractivity contribution in [3.63, 3.8) is 0 Å². The SMILES string of the molecule is c1cc(-c2nccc3[nH]c(-c4n[nH]c5cnc(-c6cn[nH]c6)cc45)nc23)ccn1. The molecule has 29 heavy (non-hydrogen) atoms. The lowest BCUT2D eigenvalue weighted by Gasteiger charge is -2.00. The summed E-state index contributed by atoms with van der Waals surface area (Å²) in [6.45, 7) is 0. The number of hydrogen-bond donors (Lipinski definition) is 3. The highest BCUT2D eigenvalue weighted by Crippen LogP contribution is 2.31. The third-order valence-electron chi connectivity index (χ3n) is 4.82. The molecule has 0 atom stereocenters. The second kappa shape index (κ2) is 6.06. The Bertz CT molecular complexity index is 1450. The minimum Gasteiger partial charge on any atom is -0.336 e. The van der Waals surface area contributed by atoms with Crippen molar-refractivity contribution in [1.29, 1.82) is 0 Å². The summed E-state index contributed by atoms with van der Waals surface area (Å²) in [5.41, 5.74) is 6.72. The van der Waals surface area contributed by atoms with Crippen LogP contribution in [0.2, 0.25) is 0 Å². The van der Waals surface area contributed by atoms with Crippen molar-refractivity contribution >= 4 is 21.9 Å². The second-order valence-electron chi connectivity index (χ2n) is 6.55. The average molecular weight is 379 g/mol. The zero-order chi connectivity index (χ0) is 19.2. The third kappa shape index (κ3) is 2.48. The van der Waals surface area contributed by atoms with Crippen molar-refractivity contribution in [1.82, 2.24) is 45.3 Å². The van der Waals surface area contributed by atoms with Crippen LogP contribution in [0.25, 0.3) is 56.0 Å². The fraction of sp³-hybridized carbons (Fsp3) is 0. The van der Waals surface area contributed by atoms with Gasteiger partial charge in [0.05, 0.1) is 34.8 Å². The number of rotatable bonds is 3. The van der Waals surface area contributed by atoms with E-state index < -0.39 is 0 Å². The fourth-order valence-corrected chi connectivity index (χ4v) is 3.41. The van der Waals surface area contributed by atoms with Crippen molar-refractivity contribution in [3.05, 3.63) is 61.4 Å². The van der Waals surface area contributed by atoms with Gasteiger partial charge in [-0.1, -0.05) is 0 Å². The molecule has 0 aliphatic carbocycles. The molecule has 138 valence electrons. The van der Waals surface area contributed by atoms with Crippen LogP contribution in [0.4, 0.5) is 0 Å². The zero-order valence-corrected chi connectivity index (χ0v) is 15.0. The monoisotopic (exact) mass is 379 g/mol. The van der Waals surface area contributed by atoms with Gasteiger partial charge in [-0.15, -0.1) is 0 Å². The summed E-state index contributed by atoms with van der Waals surface area (Å²) >= 11 is 0. The average Bonchev–Trinajstić information content (AvgIpc) is 3.52. The van der Waals surface area contributed by atoms with Crippen LogP contribution in [0.15, 0.2) is 61.4 Å². The Labute approximate surface area is 163 Å². The van der Waals surface area contributed by atoms with Crippen LogP contribution in [-0.4, -0.2) is 45.3 Å². The predicted octanol–water partition coefficient (Wildman–Crippen LogP) is 3.35. The summed E-state index contributed by atoms with van der Waals surface area (Å²) in [5.74, 6) is 0.666. The van der Waals surface area contributed by atoms with Gasteiger partial charge in [0.25, 0.3) is 0 Å². The molecule has 0 bridgehead atoms. The molecule has 0 fully saturated rings. The van der Waals surface area contributed by atoms with E-state index in [0.29, 0.717) is 5.82 Å². The number of hydrogen-bond acceptors (Lipinski definition) is 6. The van der Waals surface area contributed by atoms with Crippen LogP contribution < -0.4 is 0 Å². The third-order valence-corrected chi connectivity index (χ3v) is 4.82. The lowest BCUT2D eigenvalue weighted by atomic mass is 10.1. The Balaban J connectivity index is 1.54. The first-order valence-corrected chi connectivity index (χ1v) is 8.95. The maximum atomic E-state index is 4.81. The van der Waals surface area contributed by atoms with Gasteiger partial charge in [-0.2, -0.15) is 10.2 Å². The highest BCUT2D eigenvalue weighted by Gasteiger charge is 2.16. The fourth-order valence-electron chi connectivity index (χ4n) is 3.41. The molecule has 0 aliphatic rings. The van der Waals surface area contributed by atoms with E-state index in [0.717, 1.165) is 50.1 Å². The highest BCUT2D eigenvalue weighted by atomic mass is 15.1. The number of nitrogens with zero attached hydrogens (tertiary/aromatic N) is 6. The van der Waals surface area contributed by atoms with Crippen LogP contribution in [-0.2, 0) is 0 Å². The zero-order valence-electron chi connectivity index (χ0n) is 15.0. The summed E-state index contributed by atoms with van der Waals surface area (Å²) in [6.07, 6.45) is 10.6. The molecule has 0 saturated heterocycles. The number of aromatic nitrogens is 9. The summed E-state index contributed by atoms with van der Waals surface area (Å²) in [4.78, 5) is 21.3. The van der Waals surface area contributed by atoms with Gasteiger partial charge in [0, 0.05) is 41.3 Å². The van der Waals surface area contributed by atoms with Gasteiger partial charge in [0.1, 0.15) is 11.2 Å². The summed E-state index contributed by atoms with van der Waals surface area (Å²) in [6, 6.07) is 7.73. The first-order chi connectivity index (χ1) is 14.4. The molecule has 6 rings (SSSR count). The summed E-state index contributed by atoms with van der Waals surface area (Å²) in [5, 5.41) is 15.2. The minimum atomic E-state index is 0.666. The van der Waals surface area contributed by atoms with Gasteiger partial charge in [0.2, 0.25) is 0 Å². The Kier molecular flexibility index (Phi) is 3.27. The molecule has 0 aliphatic heterocycles. The van der Waals surface area contributed by atoms with Crippen LogP contribution in [0.1, 0.15) is 0 Å². The minimum absolute atomic E-state index is 0.666. The van der Waals surface area contributed by atoms with E-state index in [9.17, 15) is 0 Å². The molecule has 0 radical (unpaired) electrons. The molecule has 0 aromatic carbocycles. The lowest BCUT2D eigenvalue weighted by Crippen LogP contribution is -1.86. The van der Waals surface area contributed by atoms with E-state index in [1.54, 1.807) is 31.0 Å². The molecule has 6 heterocycles. The molecule has 6 aromatic heterocycles. The number of fused-ring (bicyclic) bond motifs is 2. The van der Waals surface area contributed by atoms with Gasteiger partial charge in [-0.05, 0) is 24.3 Å². The van der Waals surface area contributed by atoms with Crippen molar-refractivity contribution in [2.45, 2.75) is 0 Å². The van der Waals surface area contributed by atoms with Crippen LogP contribution >= 0.6 is 0 Å². The molecule has 0 saturated carbocycles. The number of imidazole rings is 1. The Morgan fingerprint density at radius 2 is 1.76 bits per heavy atom.